The molecule has 2 aromatic rings. The first-order valence-corrected chi connectivity index (χ1v) is 9.41. The first-order chi connectivity index (χ1) is 12.3. The zero-order valence-electron chi connectivity index (χ0n) is 15.5. The Kier molecular flexibility index (Phi) is 7.03. The highest BCUT2D eigenvalue weighted by Gasteiger charge is 2.14. The fourth-order valence-corrected chi connectivity index (χ4v) is 3.38. The summed E-state index contributed by atoms with van der Waals surface area (Å²) in [5, 5.41) is 3.37. The largest absolute Gasteiger partial charge is 0.323 e. The average Bonchev–Trinajstić information content (AvgIpc) is 2.59. The third-order valence-corrected chi connectivity index (χ3v) is 5.38. The molecule has 1 atom stereocenters. The number of urea groups is 1. The maximum atomic E-state index is 13.7. The number of amides is 2. The van der Waals surface area contributed by atoms with E-state index in [4.69, 9.17) is 0 Å². The van der Waals surface area contributed by atoms with Crippen molar-refractivity contribution in [1.29, 1.82) is 0 Å². The van der Waals surface area contributed by atoms with E-state index in [2.05, 4.69) is 19.2 Å². The Labute approximate surface area is 157 Å². The summed E-state index contributed by atoms with van der Waals surface area (Å²) in [6.07, 6.45) is 1.09. The number of benzene rings is 2. The van der Waals surface area contributed by atoms with Gasteiger partial charge in [-0.25, -0.2) is 13.6 Å². The van der Waals surface area contributed by atoms with E-state index in [0.717, 1.165) is 28.6 Å². The van der Waals surface area contributed by atoms with Crippen molar-refractivity contribution in [3.8, 4) is 0 Å². The lowest BCUT2D eigenvalue weighted by Gasteiger charge is -2.19. The zero-order valence-corrected chi connectivity index (χ0v) is 16.3. The van der Waals surface area contributed by atoms with E-state index < -0.39 is 11.6 Å². The molecule has 0 fully saturated rings. The van der Waals surface area contributed by atoms with Gasteiger partial charge < -0.3 is 10.2 Å². The molecule has 0 saturated heterocycles. The van der Waals surface area contributed by atoms with Crippen LogP contribution in [0.4, 0.5) is 19.3 Å². The van der Waals surface area contributed by atoms with Crippen LogP contribution in [-0.4, -0.2) is 23.2 Å². The Balaban J connectivity index is 2.02. The van der Waals surface area contributed by atoms with Crippen molar-refractivity contribution < 1.29 is 13.6 Å². The molecule has 0 radical (unpaired) electrons. The van der Waals surface area contributed by atoms with E-state index in [1.54, 1.807) is 18.8 Å². The number of anilines is 1. The number of thioether (sulfide) groups is 1. The third-order valence-electron chi connectivity index (χ3n) is 4.12. The average molecular weight is 378 g/mol. The number of aryl methyl sites for hydroxylation is 1. The summed E-state index contributed by atoms with van der Waals surface area (Å²) in [6, 6.07) is 8.91. The van der Waals surface area contributed by atoms with Crippen molar-refractivity contribution in [3.05, 3.63) is 59.2 Å². The van der Waals surface area contributed by atoms with Gasteiger partial charge in [-0.2, -0.15) is 0 Å². The molecule has 0 aromatic heterocycles. The van der Waals surface area contributed by atoms with Crippen LogP contribution in [0, 0.1) is 18.6 Å². The standard InChI is InChI=1S/C20H24F2N2OS/c1-5-14(3)26-17-8-9-19(13(2)10-17)23-20(25)24(4)12-15-6-7-16(21)11-18(15)22/h6-11,14H,5,12H2,1-4H3,(H,23,25). The van der Waals surface area contributed by atoms with Crippen LogP contribution in [0.15, 0.2) is 41.3 Å². The molecule has 3 nitrogen and oxygen atoms in total. The molecule has 0 aliphatic heterocycles. The van der Waals surface area contributed by atoms with Crippen molar-refractivity contribution in [1.82, 2.24) is 4.90 Å². The van der Waals surface area contributed by atoms with Crippen molar-refractivity contribution >= 4 is 23.5 Å². The molecular formula is C20H24F2N2OS. The molecule has 0 aliphatic rings. The molecule has 2 amide bonds. The Hall–Kier alpha value is -2.08. The minimum absolute atomic E-state index is 0.0545. The summed E-state index contributed by atoms with van der Waals surface area (Å²) in [4.78, 5) is 14.9. The van der Waals surface area contributed by atoms with Gasteiger partial charge in [0.25, 0.3) is 0 Å². The van der Waals surface area contributed by atoms with Gasteiger partial charge in [-0.3, -0.25) is 0 Å². The second-order valence-corrected chi connectivity index (χ2v) is 7.85. The minimum Gasteiger partial charge on any atom is -0.323 e. The van der Waals surface area contributed by atoms with Crippen LogP contribution in [0.5, 0.6) is 0 Å². The molecular weight excluding hydrogens is 354 g/mol. The van der Waals surface area contributed by atoms with Gasteiger partial charge in [0.05, 0.1) is 0 Å². The first kappa shape index (κ1) is 20.2. The Morgan fingerprint density at radius 1 is 1.23 bits per heavy atom. The molecule has 2 rings (SSSR count). The van der Waals surface area contributed by atoms with Crippen LogP contribution < -0.4 is 5.32 Å². The summed E-state index contributed by atoms with van der Waals surface area (Å²) in [5.74, 6) is -1.29. The van der Waals surface area contributed by atoms with E-state index >= 15 is 0 Å². The minimum atomic E-state index is -0.660. The Morgan fingerprint density at radius 3 is 2.58 bits per heavy atom. The van der Waals surface area contributed by atoms with Gasteiger partial charge >= 0.3 is 6.03 Å². The predicted octanol–water partition coefficient (Wildman–Crippen LogP) is 5.83. The number of carbonyl (C=O) groups excluding carboxylic acids is 1. The molecule has 0 spiro atoms. The van der Waals surface area contributed by atoms with Crippen LogP contribution >= 0.6 is 11.8 Å². The van der Waals surface area contributed by atoms with Crippen molar-refractivity contribution in [3.63, 3.8) is 0 Å². The number of halogens is 2. The van der Waals surface area contributed by atoms with Gasteiger partial charge in [0.2, 0.25) is 0 Å². The molecule has 0 aliphatic carbocycles. The molecule has 6 heteroatoms. The first-order valence-electron chi connectivity index (χ1n) is 8.53. The van der Waals surface area contributed by atoms with E-state index in [0.29, 0.717) is 5.25 Å². The van der Waals surface area contributed by atoms with Crippen LogP contribution in [0.25, 0.3) is 0 Å². The SMILES string of the molecule is CCC(C)Sc1ccc(NC(=O)N(C)Cc2ccc(F)cc2F)c(C)c1. The van der Waals surface area contributed by atoms with Gasteiger partial charge in [0.15, 0.2) is 0 Å². The van der Waals surface area contributed by atoms with E-state index in [1.807, 2.05) is 25.1 Å². The summed E-state index contributed by atoms with van der Waals surface area (Å²) in [6.45, 7) is 6.33. The summed E-state index contributed by atoms with van der Waals surface area (Å²) >= 11 is 1.80. The fourth-order valence-electron chi connectivity index (χ4n) is 2.35. The van der Waals surface area contributed by atoms with Crippen LogP contribution in [0.3, 0.4) is 0 Å². The Morgan fingerprint density at radius 2 is 1.96 bits per heavy atom. The summed E-state index contributed by atoms with van der Waals surface area (Å²) < 4.78 is 26.7. The van der Waals surface area contributed by atoms with Gasteiger partial charge in [-0.1, -0.05) is 19.9 Å². The van der Waals surface area contributed by atoms with E-state index in [-0.39, 0.29) is 18.1 Å². The lowest BCUT2D eigenvalue weighted by Crippen LogP contribution is -2.31. The molecule has 26 heavy (non-hydrogen) atoms. The number of rotatable bonds is 6. The lowest BCUT2D eigenvalue weighted by atomic mass is 10.2. The van der Waals surface area contributed by atoms with Crippen molar-refractivity contribution in [2.24, 2.45) is 0 Å². The second kappa shape index (κ2) is 9.03. The molecule has 1 N–H and O–H groups in total. The smallest absolute Gasteiger partial charge is 0.321 e. The Bertz CT molecular complexity index is 782. The normalized spacial score (nSPS) is 11.9. The van der Waals surface area contributed by atoms with E-state index in [1.165, 1.54) is 17.0 Å². The molecule has 2 aromatic carbocycles. The van der Waals surface area contributed by atoms with Gasteiger partial charge in [-0.15, -0.1) is 11.8 Å². The number of hydrogen-bond donors (Lipinski definition) is 1. The van der Waals surface area contributed by atoms with Crippen LogP contribution in [0.2, 0.25) is 0 Å². The van der Waals surface area contributed by atoms with Crippen LogP contribution in [-0.2, 0) is 6.54 Å². The fraction of sp³-hybridized carbons (Fsp3) is 0.350. The molecule has 1 unspecified atom stereocenters. The quantitative estimate of drug-likeness (QED) is 0.642. The zero-order chi connectivity index (χ0) is 19.3. The number of carbonyl (C=O) groups is 1. The maximum absolute atomic E-state index is 13.7. The van der Waals surface area contributed by atoms with Crippen molar-refractivity contribution in [2.45, 2.75) is 43.9 Å². The predicted molar refractivity (Wildman–Crippen MR) is 104 cm³/mol. The van der Waals surface area contributed by atoms with Gasteiger partial charge in [0, 0.05) is 41.1 Å². The molecule has 0 heterocycles. The van der Waals surface area contributed by atoms with Crippen molar-refractivity contribution in [2.75, 3.05) is 12.4 Å². The highest BCUT2D eigenvalue weighted by molar-refractivity contribution is 7.99. The molecule has 0 bridgehead atoms. The molecule has 140 valence electrons. The monoisotopic (exact) mass is 378 g/mol. The van der Waals surface area contributed by atoms with Gasteiger partial charge in [0.1, 0.15) is 11.6 Å². The topological polar surface area (TPSA) is 32.3 Å². The van der Waals surface area contributed by atoms with E-state index in [9.17, 15) is 13.6 Å². The summed E-state index contributed by atoms with van der Waals surface area (Å²) in [7, 11) is 1.57. The molecule has 0 saturated carbocycles. The number of nitrogens with zero attached hydrogens (tertiary/aromatic N) is 1. The summed E-state index contributed by atoms with van der Waals surface area (Å²) in [5.41, 5.74) is 1.95. The van der Waals surface area contributed by atoms with Gasteiger partial charge in [-0.05, 0) is 43.2 Å². The highest BCUT2D eigenvalue weighted by Crippen LogP contribution is 2.28. The maximum Gasteiger partial charge on any atom is 0.321 e. The number of hydrogen-bond acceptors (Lipinski definition) is 2. The van der Waals surface area contributed by atoms with Crippen LogP contribution in [0.1, 0.15) is 31.4 Å². The number of nitrogens with one attached hydrogen (secondary N) is 1. The second-order valence-electron chi connectivity index (χ2n) is 6.34. The third kappa shape index (κ3) is 5.46. The highest BCUT2D eigenvalue weighted by atomic mass is 32.2. The lowest BCUT2D eigenvalue weighted by molar-refractivity contribution is 0.220.